The van der Waals surface area contributed by atoms with Crippen LogP contribution in [0.3, 0.4) is 0 Å². The maximum absolute atomic E-state index is 13.2. The minimum absolute atomic E-state index is 0.130. The molecule has 0 radical (unpaired) electrons. The van der Waals surface area contributed by atoms with E-state index in [0.717, 1.165) is 0 Å². The van der Waals surface area contributed by atoms with Gasteiger partial charge in [0.1, 0.15) is 17.6 Å². The third kappa shape index (κ3) is 6.07. The molecule has 0 spiro atoms. The van der Waals surface area contributed by atoms with Gasteiger partial charge in [0.25, 0.3) is 5.91 Å². The minimum Gasteiger partial charge on any atom is -0.467 e. The Kier molecular flexibility index (Phi) is 7.64. The number of urea groups is 1. The molecule has 2 aromatic rings. The van der Waals surface area contributed by atoms with E-state index in [1.807, 2.05) is 6.92 Å². The summed E-state index contributed by atoms with van der Waals surface area (Å²) < 4.78 is 18.4. The van der Waals surface area contributed by atoms with Gasteiger partial charge in [0.2, 0.25) is 5.91 Å². The molecule has 1 aromatic carbocycles. The Morgan fingerprint density at radius 3 is 2.45 bits per heavy atom. The second-order valence-corrected chi connectivity index (χ2v) is 7.42. The number of rotatable bonds is 7. The summed E-state index contributed by atoms with van der Waals surface area (Å²) in [6, 6.07) is 7.71. The van der Waals surface area contributed by atoms with E-state index >= 15 is 0 Å². The number of hydrogen-bond donors (Lipinski definition) is 3. The molecule has 3 rings (SSSR count). The van der Waals surface area contributed by atoms with Crippen molar-refractivity contribution < 1.29 is 23.2 Å². The quantitative estimate of drug-likeness (QED) is 0.627. The Labute approximate surface area is 180 Å². The fraction of sp³-hybridized carbons (Fsp3) is 0.409. The third-order valence-electron chi connectivity index (χ3n) is 5.32. The van der Waals surface area contributed by atoms with E-state index in [0.29, 0.717) is 38.2 Å². The van der Waals surface area contributed by atoms with Crippen molar-refractivity contribution in [3.8, 4) is 0 Å². The van der Waals surface area contributed by atoms with Crippen LogP contribution in [0.25, 0.3) is 0 Å². The van der Waals surface area contributed by atoms with Crippen LogP contribution >= 0.6 is 0 Å². The number of hydrogen-bond acceptors (Lipinski definition) is 4. The molecule has 1 aliphatic heterocycles. The van der Waals surface area contributed by atoms with Crippen LogP contribution in [-0.4, -0.2) is 48.4 Å². The summed E-state index contributed by atoms with van der Waals surface area (Å²) in [4.78, 5) is 39.4. The summed E-state index contributed by atoms with van der Waals surface area (Å²) in [6.45, 7) is 3.58. The topological polar surface area (TPSA) is 104 Å². The summed E-state index contributed by atoms with van der Waals surface area (Å²) in [5, 5.41) is 8.37. The van der Waals surface area contributed by atoms with Gasteiger partial charge < -0.3 is 25.3 Å². The Balaban J connectivity index is 1.67. The maximum Gasteiger partial charge on any atom is 0.317 e. The number of halogens is 1. The highest BCUT2D eigenvalue weighted by atomic mass is 19.1. The van der Waals surface area contributed by atoms with E-state index in [9.17, 15) is 18.8 Å². The van der Waals surface area contributed by atoms with Crippen LogP contribution in [0.1, 0.15) is 35.9 Å². The highest BCUT2D eigenvalue weighted by Crippen LogP contribution is 2.22. The van der Waals surface area contributed by atoms with Crippen molar-refractivity contribution in [1.82, 2.24) is 20.9 Å². The molecule has 1 aromatic heterocycles. The lowest BCUT2D eigenvalue weighted by Gasteiger charge is -2.35. The highest BCUT2D eigenvalue weighted by Gasteiger charge is 2.34. The number of likely N-dealkylation sites (tertiary alicyclic amines) is 1. The van der Waals surface area contributed by atoms with Crippen molar-refractivity contribution in [3.63, 3.8) is 0 Å². The standard InChI is InChI=1S/C22H27FN4O4/c1-2-24-22(30)27-11-9-15(10-12-27)19(21(29)25-14-18-4-3-13-31-18)26-20(28)16-5-7-17(23)8-6-16/h3-8,13,15,19H,2,9-12,14H2,1H3,(H,24,30)(H,25,29)(H,26,28)/t19-/m0/s1. The van der Waals surface area contributed by atoms with Gasteiger partial charge in [-0.2, -0.15) is 0 Å². The van der Waals surface area contributed by atoms with Crippen LogP contribution < -0.4 is 16.0 Å². The van der Waals surface area contributed by atoms with Crippen molar-refractivity contribution in [2.24, 2.45) is 5.92 Å². The number of carbonyl (C=O) groups excluding carboxylic acids is 3. The monoisotopic (exact) mass is 430 g/mol. The SMILES string of the molecule is CCNC(=O)N1CCC([C@H](NC(=O)c2ccc(F)cc2)C(=O)NCc2ccco2)CC1. The smallest absolute Gasteiger partial charge is 0.317 e. The normalized spacial score (nSPS) is 15.2. The van der Waals surface area contributed by atoms with E-state index in [-0.39, 0.29) is 30.0 Å². The largest absolute Gasteiger partial charge is 0.467 e. The molecule has 2 heterocycles. The molecule has 1 fully saturated rings. The van der Waals surface area contributed by atoms with Crippen molar-refractivity contribution in [2.75, 3.05) is 19.6 Å². The zero-order valence-electron chi connectivity index (χ0n) is 17.4. The van der Waals surface area contributed by atoms with Gasteiger partial charge in [-0.05, 0) is 62.1 Å². The number of benzene rings is 1. The van der Waals surface area contributed by atoms with Crippen LogP contribution in [0.5, 0.6) is 0 Å². The number of piperidine rings is 1. The summed E-state index contributed by atoms with van der Waals surface area (Å²) in [5.74, 6) is -0.774. The molecule has 1 saturated heterocycles. The van der Waals surface area contributed by atoms with Crippen LogP contribution in [0.2, 0.25) is 0 Å². The lowest BCUT2D eigenvalue weighted by atomic mass is 9.88. The molecule has 0 aliphatic carbocycles. The first-order valence-corrected chi connectivity index (χ1v) is 10.4. The Morgan fingerprint density at radius 2 is 1.84 bits per heavy atom. The van der Waals surface area contributed by atoms with Crippen LogP contribution in [0.4, 0.5) is 9.18 Å². The molecule has 0 unspecified atom stereocenters. The predicted molar refractivity (Wildman–Crippen MR) is 112 cm³/mol. The van der Waals surface area contributed by atoms with E-state index < -0.39 is 17.8 Å². The van der Waals surface area contributed by atoms with E-state index in [1.165, 1.54) is 30.5 Å². The van der Waals surface area contributed by atoms with E-state index in [4.69, 9.17) is 4.42 Å². The molecular formula is C22H27FN4O4. The fourth-order valence-electron chi connectivity index (χ4n) is 3.62. The van der Waals surface area contributed by atoms with Gasteiger partial charge in [0.05, 0.1) is 12.8 Å². The number of nitrogens with one attached hydrogen (secondary N) is 3. The van der Waals surface area contributed by atoms with Gasteiger partial charge in [-0.1, -0.05) is 0 Å². The van der Waals surface area contributed by atoms with Crippen molar-refractivity contribution >= 4 is 17.8 Å². The van der Waals surface area contributed by atoms with Crippen molar-refractivity contribution in [2.45, 2.75) is 32.4 Å². The number of amides is 4. The molecule has 0 bridgehead atoms. The molecule has 0 saturated carbocycles. The van der Waals surface area contributed by atoms with Gasteiger partial charge in [0.15, 0.2) is 0 Å². The Morgan fingerprint density at radius 1 is 1.13 bits per heavy atom. The Bertz CT molecular complexity index is 877. The lowest BCUT2D eigenvalue weighted by Crippen LogP contribution is -2.54. The first kappa shape index (κ1) is 22.3. The van der Waals surface area contributed by atoms with Gasteiger partial charge >= 0.3 is 6.03 Å². The third-order valence-corrected chi connectivity index (χ3v) is 5.32. The zero-order chi connectivity index (χ0) is 22.2. The first-order valence-electron chi connectivity index (χ1n) is 10.4. The minimum atomic E-state index is -0.788. The average Bonchev–Trinajstić information content (AvgIpc) is 3.30. The Hall–Kier alpha value is -3.36. The number of carbonyl (C=O) groups is 3. The highest BCUT2D eigenvalue weighted by molar-refractivity contribution is 5.97. The second-order valence-electron chi connectivity index (χ2n) is 7.42. The van der Waals surface area contributed by atoms with E-state index in [1.54, 1.807) is 17.0 Å². The number of furan rings is 1. The average molecular weight is 430 g/mol. The fourth-order valence-corrected chi connectivity index (χ4v) is 3.62. The summed E-state index contributed by atoms with van der Waals surface area (Å²) in [7, 11) is 0. The zero-order valence-corrected chi connectivity index (χ0v) is 17.4. The second kappa shape index (κ2) is 10.6. The predicted octanol–water partition coefficient (Wildman–Crippen LogP) is 2.28. The molecular weight excluding hydrogens is 403 g/mol. The first-order chi connectivity index (χ1) is 15.0. The maximum atomic E-state index is 13.2. The van der Waals surface area contributed by atoms with Gasteiger partial charge in [-0.25, -0.2) is 9.18 Å². The van der Waals surface area contributed by atoms with Crippen LogP contribution in [0, 0.1) is 11.7 Å². The van der Waals surface area contributed by atoms with E-state index in [2.05, 4.69) is 16.0 Å². The molecule has 8 nitrogen and oxygen atoms in total. The van der Waals surface area contributed by atoms with Crippen molar-refractivity contribution in [3.05, 3.63) is 59.8 Å². The summed E-state index contributed by atoms with van der Waals surface area (Å²) in [6.07, 6.45) is 2.66. The lowest BCUT2D eigenvalue weighted by molar-refractivity contribution is -0.124. The van der Waals surface area contributed by atoms with Crippen LogP contribution in [-0.2, 0) is 11.3 Å². The molecule has 166 valence electrons. The molecule has 3 N–H and O–H groups in total. The molecule has 31 heavy (non-hydrogen) atoms. The molecule has 9 heteroatoms. The summed E-state index contributed by atoms with van der Waals surface area (Å²) in [5.41, 5.74) is 0.269. The van der Waals surface area contributed by atoms with Gasteiger partial charge in [0, 0.05) is 25.2 Å². The van der Waals surface area contributed by atoms with Crippen LogP contribution in [0.15, 0.2) is 47.1 Å². The number of nitrogens with zero attached hydrogens (tertiary/aromatic N) is 1. The van der Waals surface area contributed by atoms with Crippen molar-refractivity contribution in [1.29, 1.82) is 0 Å². The van der Waals surface area contributed by atoms with Gasteiger partial charge in [-0.15, -0.1) is 0 Å². The summed E-state index contributed by atoms with van der Waals surface area (Å²) >= 11 is 0. The molecule has 1 atom stereocenters. The molecule has 1 aliphatic rings. The molecule has 4 amide bonds. The van der Waals surface area contributed by atoms with Gasteiger partial charge in [-0.3, -0.25) is 9.59 Å².